The lowest BCUT2D eigenvalue weighted by molar-refractivity contribution is -0.129. The first kappa shape index (κ1) is 29.9. The molecule has 3 fully saturated rings. The van der Waals surface area contributed by atoms with E-state index >= 15 is 0 Å². The van der Waals surface area contributed by atoms with Gasteiger partial charge in [0, 0.05) is 56.6 Å². The van der Waals surface area contributed by atoms with Crippen molar-refractivity contribution >= 4 is 27.3 Å². The zero-order valence-electron chi connectivity index (χ0n) is 25.3. The predicted octanol–water partition coefficient (Wildman–Crippen LogP) is 5.73. The fraction of sp³-hybridized carbons (Fsp3) is 0.606. The maximum Gasteiger partial charge on any atom is 0.219 e. The quantitative estimate of drug-likeness (QED) is 0.437. The summed E-state index contributed by atoms with van der Waals surface area (Å²) in [5.74, 6) is 0.179. The van der Waals surface area contributed by atoms with Crippen LogP contribution in [0.15, 0.2) is 48.5 Å². The van der Waals surface area contributed by atoms with Crippen molar-refractivity contribution in [2.45, 2.75) is 95.1 Å². The summed E-state index contributed by atoms with van der Waals surface area (Å²) in [4.78, 5) is 13.6. The van der Waals surface area contributed by atoms with Crippen LogP contribution >= 0.6 is 0 Å². The van der Waals surface area contributed by atoms with Crippen LogP contribution < -0.4 is 10.6 Å². The molecule has 2 saturated heterocycles. The molecule has 1 aliphatic carbocycles. The lowest BCUT2D eigenvalue weighted by atomic mass is 9.60. The highest BCUT2D eigenvalue weighted by molar-refractivity contribution is 7.88. The monoisotopic (exact) mass is 580 g/mol. The van der Waals surface area contributed by atoms with E-state index in [9.17, 15) is 13.2 Å². The molecule has 0 aromatic heterocycles. The summed E-state index contributed by atoms with van der Waals surface area (Å²) in [6, 6.07) is 18.7. The first-order valence-electron chi connectivity index (χ1n) is 15.4. The lowest BCUT2D eigenvalue weighted by Crippen LogP contribution is -2.41. The van der Waals surface area contributed by atoms with Gasteiger partial charge in [0.1, 0.15) is 0 Å². The molecule has 3 aliphatic rings. The molecule has 1 amide bonds. The average Bonchev–Trinajstić information content (AvgIpc) is 2.95. The molecular weight excluding hydrogens is 532 g/mol. The van der Waals surface area contributed by atoms with Crippen LogP contribution in [0.2, 0.25) is 0 Å². The Morgan fingerprint density at radius 2 is 1.17 bits per heavy atom. The predicted molar refractivity (Wildman–Crippen MR) is 168 cm³/mol. The molecule has 0 bridgehead atoms. The van der Waals surface area contributed by atoms with Crippen molar-refractivity contribution in [2.24, 2.45) is 0 Å². The van der Waals surface area contributed by atoms with Gasteiger partial charge in [-0.25, -0.2) is 12.7 Å². The standard InChI is InChI=1S/C33H48N4O3S/c1-25(38)36-19-11-28(12-20-36)34-30-9-5-7-26(23-30)32(2)15-17-33(3,18-16-32)27-8-6-10-31(24-27)35-29-13-21-37(22-14-29)41(4,39)40/h5-10,23-24,28-29,34-35H,11-22H2,1-4H3. The second-order valence-corrected chi connectivity index (χ2v) is 15.3. The molecular formula is C33H48N4O3S. The summed E-state index contributed by atoms with van der Waals surface area (Å²) in [7, 11) is -3.10. The van der Waals surface area contributed by atoms with Crippen molar-refractivity contribution in [3.05, 3.63) is 59.7 Å². The normalized spacial score (nSPS) is 27.0. The minimum absolute atomic E-state index is 0.136. The number of sulfonamides is 1. The Kier molecular flexibility index (Phi) is 8.72. The van der Waals surface area contributed by atoms with Crippen molar-refractivity contribution in [1.29, 1.82) is 0 Å². The van der Waals surface area contributed by atoms with Crippen molar-refractivity contribution < 1.29 is 13.2 Å². The first-order chi connectivity index (χ1) is 19.4. The number of nitrogens with zero attached hydrogens (tertiary/aromatic N) is 2. The van der Waals surface area contributed by atoms with Gasteiger partial charge in [0.25, 0.3) is 0 Å². The van der Waals surface area contributed by atoms with Gasteiger partial charge in [0.05, 0.1) is 6.26 Å². The Balaban J connectivity index is 1.19. The fourth-order valence-corrected chi connectivity index (χ4v) is 7.92. The van der Waals surface area contributed by atoms with E-state index in [2.05, 4.69) is 73.0 Å². The zero-order valence-corrected chi connectivity index (χ0v) is 26.1. The van der Waals surface area contributed by atoms with Crippen LogP contribution in [0.4, 0.5) is 11.4 Å². The van der Waals surface area contributed by atoms with Crippen LogP contribution in [0.5, 0.6) is 0 Å². The SMILES string of the molecule is CC(=O)N1CCC(Nc2cccc(C3(C)CCC(C)(c4cccc(NC5CCN(S(C)(=O)=O)CC5)c4)CC3)c2)CC1. The minimum Gasteiger partial charge on any atom is -0.382 e. The first-order valence-corrected chi connectivity index (χ1v) is 17.2. The number of anilines is 2. The number of hydrogen-bond acceptors (Lipinski definition) is 5. The van der Waals surface area contributed by atoms with Gasteiger partial charge in [0.15, 0.2) is 0 Å². The number of benzene rings is 2. The maximum atomic E-state index is 11.9. The number of nitrogens with one attached hydrogen (secondary N) is 2. The third-order valence-electron chi connectivity index (χ3n) is 10.2. The van der Waals surface area contributed by atoms with Gasteiger partial charge in [0.2, 0.25) is 15.9 Å². The molecule has 7 nitrogen and oxygen atoms in total. The molecule has 0 unspecified atom stereocenters. The van der Waals surface area contributed by atoms with Gasteiger partial charge in [-0.1, -0.05) is 38.1 Å². The van der Waals surface area contributed by atoms with Gasteiger partial charge >= 0.3 is 0 Å². The van der Waals surface area contributed by atoms with Crippen molar-refractivity contribution in [2.75, 3.05) is 43.1 Å². The van der Waals surface area contributed by atoms with Crippen molar-refractivity contribution in [3.63, 3.8) is 0 Å². The highest BCUT2D eigenvalue weighted by Crippen LogP contribution is 2.48. The van der Waals surface area contributed by atoms with Crippen molar-refractivity contribution in [1.82, 2.24) is 9.21 Å². The molecule has 0 radical (unpaired) electrons. The summed E-state index contributed by atoms with van der Waals surface area (Å²) >= 11 is 0. The van der Waals surface area contributed by atoms with E-state index in [1.165, 1.54) is 23.1 Å². The zero-order chi connectivity index (χ0) is 29.3. The molecule has 0 spiro atoms. The number of piperidine rings is 2. The van der Waals surface area contributed by atoms with Crippen LogP contribution in [0, 0.1) is 0 Å². The Hall–Kier alpha value is -2.58. The summed E-state index contributed by atoms with van der Waals surface area (Å²) in [5.41, 5.74) is 5.44. The lowest BCUT2D eigenvalue weighted by Gasteiger charge is -2.44. The molecule has 224 valence electrons. The van der Waals surface area contributed by atoms with E-state index in [4.69, 9.17) is 0 Å². The summed E-state index contributed by atoms with van der Waals surface area (Å²) in [6.07, 6.45) is 9.52. The van der Waals surface area contributed by atoms with Crippen LogP contribution in [0.3, 0.4) is 0 Å². The second-order valence-electron chi connectivity index (χ2n) is 13.3. The summed E-state index contributed by atoms with van der Waals surface area (Å²) in [6.45, 7) is 9.35. The molecule has 2 aromatic carbocycles. The van der Waals surface area contributed by atoms with Gasteiger partial charge < -0.3 is 15.5 Å². The van der Waals surface area contributed by atoms with Crippen LogP contribution in [-0.4, -0.2) is 68.0 Å². The summed E-state index contributed by atoms with van der Waals surface area (Å²) < 4.78 is 25.3. The van der Waals surface area contributed by atoms with E-state index in [0.717, 1.165) is 70.1 Å². The fourth-order valence-electron chi connectivity index (χ4n) is 7.04. The molecule has 2 aromatic rings. The number of amides is 1. The van der Waals surface area contributed by atoms with E-state index in [1.54, 1.807) is 11.2 Å². The topological polar surface area (TPSA) is 81.8 Å². The number of carbonyl (C=O) groups is 1. The molecule has 1 saturated carbocycles. The molecule has 41 heavy (non-hydrogen) atoms. The Labute approximate surface area is 247 Å². The van der Waals surface area contributed by atoms with E-state index in [-0.39, 0.29) is 16.7 Å². The maximum absolute atomic E-state index is 11.9. The molecule has 2 N–H and O–H groups in total. The largest absolute Gasteiger partial charge is 0.382 e. The van der Waals surface area contributed by atoms with E-state index in [0.29, 0.717) is 25.2 Å². The number of carbonyl (C=O) groups excluding carboxylic acids is 1. The van der Waals surface area contributed by atoms with Crippen LogP contribution in [0.1, 0.15) is 83.3 Å². The number of rotatable bonds is 7. The third kappa shape index (κ3) is 7.08. The Morgan fingerprint density at radius 3 is 1.56 bits per heavy atom. The van der Waals surface area contributed by atoms with Gasteiger partial charge in [-0.3, -0.25) is 4.79 Å². The van der Waals surface area contributed by atoms with Crippen LogP contribution in [0.25, 0.3) is 0 Å². The highest BCUT2D eigenvalue weighted by atomic mass is 32.2. The van der Waals surface area contributed by atoms with E-state index < -0.39 is 10.0 Å². The van der Waals surface area contributed by atoms with E-state index in [1.807, 2.05) is 4.90 Å². The average molecular weight is 581 g/mol. The molecule has 2 heterocycles. The van der Waals surface area contributed by atoms with Gasteiger partial charge in [-0.15, -0.1) is 0 Å². The Morgan fingerprint density at radius 1 is 0.756 bits per heavy atom. The van der Waals surface area contributed by atoms with Gasteiger partial charge in [-0.05, 0) is 97.6 Å². The smallest absolute Gasteiger partial charge is 0.219 e. The summed E-state index contributed by atoms with van der Waals surface area (Å²) in [5, 5.41) is 7.44. The Bertz CT molecular complexity index is 1320. The second kappa shape index (κ2) is 12.0. The number of hydrogen-bond donors (Lipinski definition) is 2. The number of likely N-dealkylation sites (tertiary alicyclic amines) is 1. The molecule has 0 atom stereocenters. The molecule has 5 rings (SSSR count). The van der Waals surface area contributed by atoms with Crippen molar-refractivity contribution in [3.8, 4) is 0 Å². The molecule has 8 heteroatoms. The highest BCUT2D eigenvalue weighted by Gasteiger charge is 2.39. The molecule has 2 aliphatic heterocycles. The minimum atomic E-state index is -3.10. The van der Waals surface area contributed by atoms with Crippen LogP contribution in [-0.2, 0) is 25.6 Å². The van der Waals surface area contributed by atoms with Gasteiger partial charge in [-0.2, -0.15) is 0 Å². The third-order valence-corrected chi connectivity index (χ3v) is 11.5.